The van der Waals surface area contributed by atoms with Crippen molar-refractivity contribution in [2.75, 3.05) is 0 Å². The van der Waals surface area contributed by atoms with Gasteiger partial charge < -0.3 is 14.4 Å². The van der Waals surface area contributed by atoms with Crippen molar-refractivity contribution in [2.45, 2.75) is 47.1 Å². The second-order valence-electron chi connectivity index (χ2n) is 8.37. The number of hydrogen-bond donors (Lipinski definition) is 1. The molecule has 190 valence electrons. The van der Waals surface area contributed by atoms with Gasteiger partial charge in [-0.3, -0.25) is 0 Å². The number of aliphatic carboxylic acids is 1. The number of carboxylic acid groups (broad SMARTS) is 1. The van der Waals surface area contributed by atoms with E-state index in [2.05, 4.69) is 0 Å². The van der Waals surface area contributed by atoms with Crippen molar-refractivity contribution in [1.29, 1.82) is 0 Å². The summed E-state index contributed by atoms with van der Waals surface area (Å²) < 4.78 is 49.3. The van der Waals surface area contributed by atoms with Gasteiger partial charge in [0.05, 0.1) is 5.69 Å². The van der Waals surface area contributed by atoms with E-state index >= 15 is 0 Å². The van der Waals surface area contributed by atoms with Crippen molar-refractivity contribution < 1.29 is 27.8 Å². The Morgan fingerprint density at radius 1 is 1.06 bits per heavy atom. The third-order valence-corrected chi connectivity index (χ3v) is 5.98. The molecule has 0 aliphatic heterocycles. The molecule has 1 aliphatic rings. The zero-order valence-electron chi connectivity index (χ0n) is 20.8. The van der Waals surface area contributed by atoms with Crippen LogP contribution in [0.2, 0.25) is 0 Å². The minimum Gasteiger partial charge on any atom is -0.488 e. The van der Waals surface area contributed by atoms with Gasteiger partial charge in [0.1, 0.15) is 29.8 Å². The molecule has 0 fully saturated rings. The third-order valence-electron chi connectivity index (χ3n) is 5.98. The van der Waals surface area contributed by atoms with Crippen molar-refractivity contribution in [3.8, 4) is 17.0 Å². The van der Waals surface area contributed by atoms with Crippen LogP contribution in [0.3, 0.4) is 0 Å². The van der Waals surface area contributed by atoms with Crippen molar-refractivity contribution in [2.24, 2.45) is 5.92 Å². The molecule has 1 heterocycles. The lowest BCUT2D eigenvalue weighted by atomic mass is 9.97. The minimum atomic E-state index is -0.970. The number of carbonyl (C=O) groups is 1. The van der Waals surface area contributed by atoms with Crippen LogP contribution in [-0.2, 0) is 11.4 Å². The molecular formula is C29H30F3NO3. The van der Waals surface area contributed by atoms with Crippen LogP contribution in [-0.4, -0.2) is 15.6 Å². The molecule has 7 heteroatoms. The molecule has 0 saturated carbocycles. The monoisotopic (exact) mass is 497 g/mol. The summed E-state index contributed by atoms with van der Waals surface area (Å²) in [5, 5.41) is 9.67. The summed E-state index contributed by atoms with van der Waals surface area (Å²) >= 11 is 0. The Balaban J connectivity index is 0.00000176. The Labute approximate surface area is 209 Å². The minimum absolute atomic E-state index is 0.107. The summed E-state index contributed by atoms with van der Waals surface area (Å²) in [7, 11) is 0. The van der Waals surface area contributed by atoms with E-state index in [9.17, 15) is 23.1 Å². The Hall–Kier alpha value is -3.74. The molecule has 1 aromatic heterocycles. The Morgan fingerprint density at radius 3 is 2.44 bits per heavy atom. The molecule has 4 nitrogen and oxygen atoms in total. The van der Waals surface area contributed by atoms with Gasteiger partial charge >= 0.3 is 5.97 Å². The summed E-state index contributed by atoms with van der Waals surface area (Å²) in [6, 6.07) is 10.9. The van der Waals surface area contributed by atoms with Crippen LogP contribution in [0.15, 0.2) is 66.3 Å². The number of aryl methyl sites for hydroxylation is 1. The maximum atomic E-state index is 14.3. The Kier molecular flexibility index (Phi) is 8.80. The molecule has 4 rings (SSSR count). The fraction of sp³-hybridized carbons (Fsp3) is 0.276. The Morgan fingerprint density at radius 2 is 1.75 bits per heavy atom. The van der Waals surface area contributed by atoms with Gasteiger partial charge in [-0.25, -0.2) is 18.0 Å². The molecule has 2 aromatic carbocycles. The zero-order chi connectivity index (χ0) is 26.4. The first-order valence-corrected chi connectivity index (χ1v) is 11.9. The van der Waals surface area contributed by atoms with Gasteiger partial charge in [0.15, 0.2) is 0 Å². The number of carboxylic acids is 1. The molecule has 1 unspecified atom stereocenters. The van der Waals surface area contributed by atoms with Gasteiger partial charge in [-0.05, 0) is 74.2 Å². The molecule has 36 heavy (non-hydrogen) atoms. The maximum Gasteiger partial charge on any atom is 0.331 e. The molecule has 0 radical (unpaired) electrons. The number of hydrogen-bond acceptors (Lipinski definition) is 2. The second-order valence-corrected chi connectivity index (χ2v) is 8.37. The number of nitrogens with zero attached hydrogens (tertiary/aromatic N) is 1. The first kappa shape index (κ1) is 26.9. The van der Waals surface area contributed by atoms with Crippen LogP contribution in [0.1, 0.15) is 44.9 Å². The molecule has 1 atom stereocenters. The molecule has 0 bridgehead atoms. The summed E-state index contributed by atoms with van der Waals surface area (Å²) in [6.45, 7) is 7.58. The molecular weight excluding hydrogens is 467 g/mol. The topological polar surface area (TPSA) is 51.5 Å². The van der Waals surface area contributed by atoms with Gasteiger partial charge in [-0.2, -0.15) is 0 Å². The molecule has 0 spiro atoms. The van der Waals surface area contributed by atoms with Gasteiger partial charge in [0.2, 0.25) is 0 Å². The normalized spacial score (nSPS) is 15.2. The summed E-state index contributed by atoms with van der Waals surface area (Å²) in [5.74, 6) is -2.66. The van der Waals surface area contributed by atoms with Crippen LogP contribution < -0.4 is 4.74 Å². The van der Waals surface area contributed by atoms with E-state index in [0.717, 1.165) is 17.8 Å². The lowest BCUT2D eigenvalue weighted by Crippen LogP contribution is -2.10. The van der Waals surface area contributed by atoms with Crippen molar-refractivity contribution in [3.63, 3.8) is 0 Å². The van der Waals surface area contributed by atoms with E-state index in [1.165, 1.54) is 24.3 Å². The highest BCUT2D eigenvalue weighted by Crippen LogP contribution is 2.36. The van der Waals surface area contributed by atoms with Crippen LogP contribution in [0.25, 0.3) is 17.0 Å². The molecule has 1 aliphatic carbocycles. The number of halogens is 3. The van der Waals surface area contributed by atoms with Gasteiger partial charge in [0.25, 0.3) is 0 Å². The van der Waals surface area contributed by atoms with Crippen LogP contribution in [0.5, 0.6) is 5.75 Å². The SMILES string of the molecule is CC.Cc1ccc(-c2cc(F)ccc2OCc2ccc(F)cc2F)n1C1=CCCC(C)C(C(=O)O)=C1. The predicted molar refractivity (Wildman–Crippen MR) is 135 cm³/mol. The van der Waals surface area contributed by atoms with Crippen molar-refractivity contribution >= 4 is 11.7 Å². The molecule has 0 amide bonds. The number of allylic oxidation sites excluding steroid dienone is 3. The van der Waals surface area contributed by atoms with Gasteiger partial charge in [-0.1, -0.05) is 26.8 Å². The molecule has 1 N–H and O–H groups in total. The Bertz CT molecular complexity index is 1310. The number of ether oxygens (including phenoxy) is 1. The second kappa shape index (κ2) is 11.8. The van der Waals surface area contributed by atoms with E-state index in [4.69, 9.17) is 4.74 Å². The fourth-order valence-electron chi connectivity index (χ4n) is 4.14. The smallest absolute Gasteiger partial charge is 0.331 e. The number of aromatic nitrogens is 1. The van der Waals surface area contributed by atoms with E-state index in [-0.39, 0.29) is 18.1 Å². The molecule has 0 saturated heterocycles. The summed E-state index contributed by atoms with van der Waals surface area (Å²) in [4.78, 5) is 11.8. The van der Waals surface area contributed by atoms with Gasteiger partial charge in [-0.15, -0.1) is 0 Å². The van der Waals surface area contributed by atoms with Crippen LogP contribution in [0, 0.1) is 30.3 Å². The largest absolute Gasteiger partial charge is 0.488 e. The molecule has 3 aromatic rings. The highest BCUT2D eigenvalue weighted by atomic mass is 19.1. The third kappa shape index (κ3) is 5.90. The predicted octanol–water partition coefficient (Wildman–Crippen LogP) is 7.77. The average Bonchev–Trinajstić information content (AvgIpc) is 3.12. The van der Waals surface area contributed by atoms with Crippen LogP contribution in [0.4, 0.5) is 13.2 Å². The zero-order valence-corrected chi connectivity index (χ0v) is 20.8. The standard InChI is InChI=1S/C27H24F3NO3.C2H6/c1-16-4-3-5-21(14-22(16)27(32)33)31-17(2)6-10-25(31)23-12-19(28)9-11-26(23)34-15-18-7-8-20(29)13-24(18)30;1-2/h5-14,16H,3-4,15H2,1-2H3,(H,32,33);1-2H3. The van der Waals surface area contributed by atoms with Crippen molar-refractivity contribution in [1.82, 2.24) is 4.57 Å². The van der Waals surface area contributed by atoms with E-state index in [1.54, 1.807) is 12.1 Å². The van der Waals surface area contributed by atoms with Crippen LogP contribution >= 0.6 is 0 Å². The van der Waals surface area contributed by atoms with E-state index < -0.39 is 23.4 Å². The summed E-state index contributed by atoms with van der Waals surface area (Å²) in [5.41, 5.74) is 3.02. The lowest BCUT2D eigenvalue weighted by Gasteiger charge is -2.17. The maximum absolute atomic E-state index is 14.3. The number of benzene rings is 2. The summed E-state index contributed by atoms with van der Waals surface area (Å²) in [6.07, 6.45) is 5.02. The number of rotatable bonds is 6. The van der Waals surface area contributed by atoms with E-state index in [0.29, 0.717) is 41.1 Å². The first-order chi connectivity index (χ1) is 17.2. The highest BCUT2D eigenvalue weighted by molar-refractivity contribution is 5.90. The van der Waals surface area contributed by atoms with Gasteiger partial charge in [0, 0.05) is 34.2 Å². The quantitative estimate of drug-likeness (QED) is 0.379. The van der Waals surface area contributed by atoms with E-state index in [1.807, 2.05) is 44.4 Å². The van der Waals surface area contributed by atoms with Crippen molar-refractivity contribution in [3.05, 3.63) is 95.0 Å². The lowest BCUT2D eigenvalue weighted by molar-refractivity contribution is -0.133. The first-order valence-electron chi connectivity index (χ1n) is 11.9. The fourth-order valence-corrected chi connectivity index (χ4v) is 4.14. The highest BCUT2D eigenvalue weighted by Gasteiger charge is 2.22. The average molecular weight is 498 g/mol.